The summed E-state index contributed by atoms with van der Waals surface area (Å²) in [6.45, 7) is 9.06. The Morgan fingerprint density at radius 3 is 2.62 bits per heavy atom. The molecule has 1 aliphatic rings. The highest BCUT2D eigenvalue weighted by Gasteiger charge is 2.33. The monoisotopic (exact) mass is 336 g/mol. The third-order valence-corrected chi connectivity index (χ3v) is 4.74. The van der Waals surface area contributed by atoms with Crippen molar-refractivity contribution in [3.8, 4) is 0 Å². The molecule has 2 rings (SSSR count). The van der Waals surface area contributed by atoms with Crippen LogP contribution in [0.5, 0.6) is 0 Å². The largest absolute Gasteiger partial charge is 0.393 e. The predicted molar refractivity (Wildman–Crippen MR) is 93.4 cm³/mol. The SMILES string of the molecule is CC(O)CC(C)(C)CNC(=O)N1CC(c2ccc(F)cc2)CC1C. The van der Waals surface area contributed by atoms with Gasteiger partial charge in [0.2, 0.25) is 0 Å². The number of urea groups is 1. The molecular formula is C19H29FN2O2. The molecule has 0 aromatic heterocycles. The minimum absolute atomic E-state index is 0.0641. The van der Waals surface area contributed by atoms with E-state index in [-0.39, 0.29) is 35.3 Å². The molecule has 0 saturated carbocycles. The first kappa shape index (κ1) is 18.7. The number of amides is 2. The van der Waals surface area contributed by atoms with Gasteiger partial charge in [-0.25, -0.2) is 9.18 Å². The van der Waals surface area contributed by atoms with Crippen molar-refractivity contribution in [2.24, 2.45) is 5.41 Å². The molecule has 3 atom stereocenters. The van der Waals surface area contributed by atoms with Gasteiger partial charge in [0.15, 0.2) is 0 Å². The molecule has 24 heavy (non-hydrogen) atoms. The fraction of sp³-hybridized carbons (Fsp3) is 0.632. The van der Waals surface area contributed by atoms with Crippen molar-refractivity contribution in [3.05, 3.63) is 35.6 Å². The Bertz CT molecular complexity index is 557. The Hall–Kier alpha value is -1.62. The van der Waals surface area contributed by atoms with E-state index in [2.05, 4.69) is 5.32 Å². The molecule has 134 valence electrons. The van der Waals surface area contributed by atoms with Crippen LogP contribution < -0.4 is 5.32 Å². The number of carbonyl (C=O) groups is 1. The van der Waals surface area contributed by atoms with Gasteiger partial charge in [0.05, 0.1) is 6.10 Å². The lowest BCUT2D eigenvalue weighted by Crippen LogP contribution is -2.45. The van der Waals surface area contributed by atoms with Crippen molar-refractivity contribution in [2.75, 3.05) is 13.1 Å². The van der Waals surface area contributed by atoms with Crippen LogP contribution in [0, 0.1) is 11.2 Å². The van der Waals surface area contributed by atoms with Crippen LogP contribution in [-0.4, -0.2) is 41.3 Å². The van der Waals surface area contributed by atoms with Crippen molar-refractivity contribution in [1.82, 2.24) is 10.2 Å². The van der Waals surface area contributed by atoms with Gasteiger partial charge in [0.25, 0.3) is 0 Å². The Balaban J connectivity index is 1.92. The fourth-order valence-corrected chi connectivity index (χ4v) is 3.58. The van der Waals surface area contributed by atoms with Gasteiger partial charge in [-0.3, -0.25) is 0 Å². The Labute approximate surface area is 144 Å². The van der Waals surface area contributed by atoms with Gasteiger partial charge in [-0.05, 0) is 49.8 Å². The van der Waals surface area contributed by atoms with Crippen molar-refractivity contribution >= 4 is 6.03 Å². The molecule has 2 N–H and O–H groups in total. The molecule has 1 heterocycles. The molecule has 1 aromatic rings. The number of rotatable bonds is 5. The minimum Gasteiger partial charge on any atom is -0.393 e. The molecule has 1 aliphatic heterocycles. The highest BCUT2D eigenvalue weighted by Crippen LogP contribution is 2.31. The summed E-state index contributed by atoms with van der Waals surface area (Å²) in [6.07, 6.45) is 1.14. The normalized spacial score (nSPS) is 22.5. The van der Waals surface area contributed by atoms with Crippen LogP contribution in [0.25, 0.3) is 0 Å². The Kier molecular flexibility index (Phi) is 5.86. The van der Waals surface area contributed by atoms with E-state index < -0.39 is 0 Å². The van der Waals surface area contributed by atoms with E-state index in [0.717, 1.165) is 12.0 Å². The van der Waals surface area contributed by atoms with Gasteiger partial charge in [-0.1, -0.05) is 26.0 Å². The van der Waals surface area contributed by atoms with Gasteiger partial charge in [-0.2, -0.15) is 0 Å². The summed E-state index contributed by atoms with van der Waals surface area (Å²) in [4.78, 5) is 14.4. The van der Waals surface area contributed by atoms with Crippen LogP contribution >= 0.6 is 0 Å². The average Bonchev–Trinajstić information content (AvgIpc) is 2.86. The Morgan fingerprint density at radius 1 is 1.42 bits per heavy atom. The molecule has 2 amide bonds. The van der Waals surface area contributed by atoms with Gasteiger partial charge >= 0.3 is 6.03 Å². The maximum atomic E-state index is 13.1. The summed E-state index contributed by atoms with van der Waals surface area (Å²) in [7, 11) is 0. The zero-order chi connectivity index (χ0) is 17.9. The van der Waals surface area contributed by atoms with Crippen molar-refractivity contribution in [2.45, 2.75) is 58.6 Å². The lowest BCUT2D eigenvalue weighted by molar-refractivity contribution is 0.126. The van der Waals surface area contributed by atoms with E-state index in [9.17, 15) is 14.3 Å². The summed E-state index contributed by atoms with van der Waals surface area (Å²) in [6, 6.07) is 6.65. The fourth-order valence-electron chi connectivity index (χ4n) is 3.58. The molecule has 1 aromatic carbocycles. The first-order valence-electron chi connectivity index (χ1n) is 8.66. The van der Waals surface area contributed by atoms with Gasteiger partial charge in [0.1, 0.15) is 5.82 Å². The lowest BCUT2D eigenvalue weighted by Gasteiger charge is -2.29. The molecule has 1 saturated heterocycles. The van der Waals surface area contributed by atoms with Crippen molar-refractivity contribution < 1.29 is 14.3 Å². The van der Waals surface area contributed by atoms with E-state index >= 15 is 0 Å². The van der Waals surface area contributed by atoms with Gasteiger partial charge in [0, 0.05) is 25.0 Å². The molecular weight excluding hydrogens is 307 g/mol. The average molecular weight is 336 g/mol. The van der Waals surface area contributed by atoms with Gasteiger partial charge in [-0.15, -0.1) is 0 Å². The molecule has 3 unspecified atom stereocenters. The molecule has 4 nitrogen and oxygen atoms in total. The van der Waals surface area contributed by atoms with Crippen LogP contribution in [0.4, 0.5) is 9.18 Å². The van der Waals surface area contributed by atoms with E-state index in [1.54, 1.807) is 19.1 Å². The maximum absolute atomic E-state index is 13.1. The van der Waals surface area contributed by atoms with Crippen molar-refractivity contribution in [1.29, 1.82) is 0 Å². The zero-order valence-corrected chi connectivity index (χ0v) is 15.1. The standard InChI is InChI=1S/C19H29FN2O2/c1-13-9-16(15-5-7-17(20)8-6-15)11-22(13)18(24)21-12-19(3,4)10-14(2)23/h5-8,13-14,16,23H,9-12H2,1-4H3,(H,21,24). The number of hydrogen-bond acceptors (Lipinski definition) is 2. The smallest absolute Gasteiger partial charge is 0.317 e. The molecule has 0 aliphatic carbocycles. The second-order valence-corrected chi connectivity index (χ2v) is 7.86. The number of nitrogens with zero attached hydrogens (tertiary/aromatic N) is 1. The van der Waals surface area contributed by atoms with Crippen LogP contribution in [0.1, 0.15) is 52.0 Å². The highest BCUT2D eigenvalue weighted by atomic mass is 19.1. The number of carbonyl (C=O) groups excluding carboxylic acids is 1. The second-order valence-electron chi connectivity index (χ2n) is 7.86. The summed E-state index contributed by atoms with van der Waals surface area (Å²) in [5, 5.41) is 12.5. The van der Waals surface area contributed by atoms with Gasteiger partial charge < -0.3 is 15.3 Å². The van der Waals surface area contributed by atoms with Crippen LogP contribution in [0.2, 0.25) is 0 Å². The summed E-state index contributed by atoms with van der Waals surface area (Å²) >= 11 is 0. The van der Waals surface area contributed by atoms with Crippen LogP contribution in [-0.2, 0) is 0 Å². The Morgan fingerprint density at radius 2 is 2.04 bits per heavy atom. The quantitative estimate of drug-likeness (QED) is 0.864. The number of nitrogens with one attached hydrogen (secondary N) is 1. The summed E-state index contributed by atoms with van der Waals surface area (Å²) < 4.78 is 13.1. The number of aliphatic hydroxyl groups is 1. The summed E-state index contributed by atoms with van der Waals surface area (Å²) in [5.74, 6) is 0.0107. The van der Waals surface area contributed by atoms with Crippen molar-refractivity contribution in [3.63, 3.8) is 0 Å². The molecule has 1 fully saturated rings. The number of benzene rings is 1. The first-order chi connectivity index (χ1) is 11.2. The van der Waals surface area contributed by atoms with E-state index in [1.807, 2.05) is 25.7 Å². The predicted octanol–water partition coefficient (Wildman–Crippen LogP) is 3.51. The number of hydrogen-bond donors (Lipinski definition) is 2. The van der Waals surface area contributed by atoms with E-state index in [4.69, 9.17) is 0 Å². The minimum atomic E-state index is -0.384. The summed E-state index contributed by atoms with van der Waals surface area (Å²) in [5.41, 5.74) is 0.927. The highest BCUT2D eigenvalue weighted by molar-refractivity contribution is 5.75. The molecule has 0 spiro atoms. The molecule has 5 heteroatoms. The molecule has 0 radical (unpaired) electrons. The third-order valence-electron chi connectivity index (χ3n) is 4.74. The number of aliphatic hydroxyl groups excluding tert-OH is 1. The topological polar surface area (TPSA) is 52.6 Å². The molecule has 0 bridgehead atoms. The van der Waals surface area contributed by atoms with Crippen LogP contribution in [0.3, 0.4) is 0 Å². The zero-order valence-electron chi connectivity index (χ0n) is 15.1. The second kappa shape index (κ2) is 7.51. The first-order valence-corrected chi connectivity index (χ1v) is 8.66. The lowest BCUT2D eigenvalue weighted by atomic mass is 9.87. The van der Waals surface area contributed by atoms with E-state index in [0.29, 0.717) is 19.5 Å². The number of likely N-dealkylation sites (tertiary alicyclic amines) is 1. The van der Waals surface area contributed by atoms with E-state index in [1.165, 1.54) is 12.1 Å². The number of halogens is 1. The third kappa shape index (κ3) is 4.94. The maximum Gasteiger partial charge on any atom is 0.317 e. The van der Waals surface area contributed by atoms with Crippen LogP contribution in [0.15, 0.2) is 24.3 Å².